The van der Waals surface area contributed by atoms with E-state index in [0.29, 0.717) is 12.5 Å². The van der Waals surface area contributed by atoms with Gasteiger partial charge in [0.2, 0.25) is 5.91 Å². The van der Waals surface area contributed by atoms with Crippen LogP contribution in [0.4, 0.5) is 5.69 Å². The minimum atomic E-state index is 0.0209. The van der Waals surface area contributed by atoms with Crippen LogP contribution in [0.5, 0.6) is 0 Å². The Bertz CT molecular complexity index is 434. The number of amides is 1. The van der Waals surface area contributed by atoms with Gasteiger partial charge < -0.3 is 15.3 Å². The first-order valence-corrected chi connectivity index (χ1v) is 6.90. The molecule has 104 valence electrons. The number of hydrogen-bond donors (Lipinski definition) is 2. The van der Waals surface area contributed by atoms with Crippen LogP contribution in [-0.4, -0.2) is 35.5 Å². The molecule has 1 aromatic rings. The van der Waals surface area contributed by atoms with E-state index in [4.69, 9.17) is 5.11 Å². The lowest BCUT2D eigenvalue weighted by Crippen LogP contribution is -2.41. The molecule has 1 amide bonds. The minimum absolute atomic E-state index is 0.0209. The molecule has 2 rings (SSSR count). The first-order chi connectivity index (χ1) is 9.19. The van der Waals surface area contributed by atoms with Crippen molar-refractivity contribution in [2.75, 3.05) is 25.0 Å². The van der Waals surface area contributed by atoms with Gasteiger partial charge in [0, 0.05) is 18.8 Å². The lowest BCUT2D eigenvalue weighted by atomic mass is 10.0. The summed E-state index contributed by atoms with van der Waals surface area (Å²) >= 11 is 0. The summed E-state index contributed by atoms with van der Waals surface area (Å²) in [4.78, 5) is 14.0. The van der Waals surface area contributed by atoms with E-state index in [1.54, 1.807) is 0 Å². The Kier molecular flexibility index (Phi) is 4.80. The van der Waals surface area contributed by atoms with E-state index < -0.39 is 0 Å². The van der Waals surface area contributed by atoms with Crippen molar-refractivity contribution in [2.24, 2.45) is 5.92 Å². The maximum absolute atomic E-state index is 12.1. The lowest BCUT2D eigenvalue weighted by Gasteiger charge is -2.31. The van der Waals surface area contributed by atoms with Gasteiger partial charge in [-0.15, -0.1) is 0 Å². The summed E-state index contributed by atoms with van der Waals surface area (Å²) in [7, 11) is 0. The minimum Gasteiger partial charge on any atom is -0.392 e. The number of aliphatic hydroxyl groups is 1. The molecule has 1 heterocycles. The van der Waals surface area contributed by atoms with Gasteiger partial charge in [0.25, 0.3) is 0 Å². The number of carbonyl (C=O) groups excluding carboxylic acids is 1. The molecule has 4 heteroatoms. The summed E-state index contributed by atoms with van der Waals surface area (Å²) in [5, 5.41) is 12.2. The predicted molar refractivity (Wildman–Crippen MR) is 75.8 cm³/mol. The van der Waals surface area contributed by atoms with Crippen LogP contribution in [0, 0.1) is 5.92 Å². The summed E-state index contributed by atoms with van der Waals surface area (Å²) in [6.07, 6.45) is 2.32. The van der Waals surface area contributed by atoms with Crippen molar-refractivity contribution in [3.05, 3.63) is 29.8 Å². The molecule has 1 aliphatic rings. The Morgan fingerprint density at radius 2 is 2.37 bits per heavy atom. The molecule has 1 fully saturated rings. The van der Waals surface area contributed by atoms with Crippen LogP contribution in [0.3, 0.4) is 0 Å². The Morgan fingerprint density at radius 1 is 1.53 bits per heavy atom. The van der Waals surface area contributed by atoms with E-state index in [9.17, 15) is 4.79 Å². The highest BCUT2D eigenvalue weighted by Gasteiger charge is 2.20. The van der Waals surface area contributed by atoms with Crippen LogP contribution in [0.25, 0.3) is 0 Å². The van der Waals surface area contributed by atoms with E-state index in [0.717, 1.165) is 30.8 Å². The van der Waals surface area contributed by atoms with Gasteiger partial charge in [0.05, 0.1) is 13.2 Å². The quantitative estimate of drug-likeness (QED) is 0.870. The standard InChI is InChI=1S/C15H22N2O2/c1-12-4-3-7-17(10-12)15(19)9-16-14-6-2-5-13(8-14)11-18/h2,5-6,8,12,16,18H,3-4,7,9-11H2,1H3. The SMILES string of the molecule is CC1CCCN(C(=O)CNc2cccc(CO)c2)C1. The molecule has 0 bridgehead atoms. The maximum atomic E-state index is 12.1. The van der Waals surface area contributed by atoms with Crippen molar-refractivity contribution >= 4 is 11.6 Å². The summed E-state index contributed by atoms with van der Waals surface area (Å²) in [5.41, 5.74) is 1.73. The van der Waals surface area contributed by atoms with Crippen LogP contribution in [0.15, 0.2) is 24.3 Å². The zero-order valence-corrected chi connectivity index (χ0v) is 11.4. The normalized spacial score (nSPS) is 19.3. The molecular formula is C15H22N2O2. The Balaban J connectivity index is 1.85. The predicted octanol–water partition coefficient (Wildman–Crippen LogP) is 1.85. The fourth-order valence-corrected chi connectivity index (χ4v) is 2.49. The van der Waals surface area contributed by atoms with Gasteiger partial charge in [0.1, 0.15) is 0 Å². The highest BCUT2D eigenvalue weighted by molar-refractivity contribution is 5.81. The van der Waals surface area contributed by atoms with Crippen molar-refractivity contribution in [3.63, 3.8) is 0 Å². The Labute approximate surface area is 114 Å². The van der Waals surface area contributed by atoms with Crippen LogP contribution in [0.2, 0.25) is 0 Å². The van der Waals surface area contributed by atoms with Crippen molar-refractivity contribution in [3.8, 4) is 0 Å². The zero-order chi connectivity index (χ0) is 13.7. The second kappa shape index (κ2) is 6.57. The molecule has 19 heavy (non-hydrogen) atoms. The second-order valence-corrected chi connectivity index (χ2v) is 5.30. The number of benzene rings is 1. The highest BCUT2D eigenvalue weighted by Crippen LogP contribution is 2.16. The largest absolute Gasteiger partial charge is 0.392 e. The number of carbonyl (C=O) groups is 1. The van der Waals surface area contributed by atoms with Crippen LogP contribution in [0.1, 0.15) is 25.3 Å². The zero-order valence-electron chi connectivity index (χ0n) is 11.4. The maximum Gasteiger partial charge on any atom is 0.241 e. The number of aliphatic hydroxyl groups excluding tert-OH is 1. The molecule has 1 aromatic carbocycles. The number of anilines is 1. The molecule has 0 spiro atoms. The number of rotatable bonds is 4. The van der Waals surface area contributed by atoms with E-state index in [1.165, 1.54) is 6.42 Å². The highest BCUT2D eigenvalue weighted by atomic mass is 16.3. The first-order valence-electron chi connectivity index (χ1n) is 6.90. The monoisotopic (exact) mass is 262 g/mol. The number of nitrogens with zero attached hydrogens (tertiary/aromatic N) is 1. The van der Waals surface area contributed by atoms with Gasteiger partial charge >= 0.3 is 0 Å². The third kappa shape index (κ3) is 3.96. The molecule has 1 atom stereocenters. The Morgan fingerprint density at radius 3 is 3.11 bits per heavy atom. The van der Waals surface area contributed by atoms with Crippen LogP contribution < -0.4 is 5.32 Å². The molecule has 0 saturated carbocycles. The van der Waals surface area contributed by atoms with E-state index in [-0.39, 0.29) is 12.5 Å². The molecule has 2 N–H and O–H groups in total. The average molecular weight is 262 g/mol. The second-order valence-electron chi connectivity index (χ2n) is 5.30. The first kappa shape index (κ1) is 13.9. The summed E-state index contributed by atoms with van der Waals surface area (Å²) in [6, 6.07) is 7.51. The molecule has 1 unspecified atom stereocenters. The topological polar surface area (TPSA) is 52.6 Å². The van der Waals surface area contributed by atoms with Gasteiger partial charge in [-0.1, -0.05) is 19.1 Å². The fraction of sp³-hybridized carbons (Fsp3) is 0.533. The van der Waals surface area contributed by atoms with Crippen molar-refractivity contribution in [2.45, 2.75) is 26.4 Å². The number of hydrogen-bond acceptors (Lipinski definition) is 3. The third-order valence-corrected chi connectivity index (χ3v) is 3.56. The molecule has 1 saturated heterocycles. The molecule has 4 nitrogen and oxygen atoms in total. The number of likely N-dealkylation sites (tertiary alicyclic amines) is 1. The van der Waals surface area contributed by atoms with Crippen molar-refractivity contribution in [1.29, 1.82) is 0 Å². The fourth-order valence-electron chi connectivity index (χ4n) is 2.49. The molecule has 1 aliphatic heterocycles. The van der Waals surface area contributed by atoms with E-state index in [2.05, 4.69) is 12.2 Å². The average Bonchev–Trinajstić information content (AvgIpc) is 2.45. The smallest absolute Gasteiger partial charge is 0.241 e. The number of piperidine rings is 1. The van der Waals surface area contributed by atoms with Gasteiger partial charge in [-0.25, -0.2) is 0 Å². The molecule has 0 aliphatic carbocycles. The van der Waals surface area contributed by atoms with E-state index in [1.807, 2.05) is 29.2 Å². The van der Waals surface area contributed by atoms with Crippen LogP contribution in [-0.2, 0) is 11.4 Å². The van der Waals surface area contributed by atoms with Crippen LogP contribution >= 0.6 is 0 Å². The van der Waals surface area contributed by atoms with Gasteiger partial charge in [-0.3, -0.25) is 4.79 Å². The lowest BCUT2D eigenvalue weighted by molar-refractivity contribution is -0.130. The summed E-state index contributed by atoms with van der Waals surface area (Å²) < 4.78 is 0. The molecule has 0 radical (unpaired) electrons. The van der Waals surface area contributed by atoms with Crippen molar-refractivity contribution in [1.82, 2.24) is 4.90 Å². The summed E-state index contributed by atoms with van der Waals surface area (Å²) in [6.45, 7) is 4.28. The molecular weight excluding hydrogens is 240 g/mol. The third-order valence-electron chi connectivity index (χ3n) is 3.56. The van der Waals surface area contributed by atoms with Gasteiger partial charge in [-0.2, -0.15) is 0 Å². The Hall–Kier alpha value is -1.55. The van der Waals surface area contributed by atoms with Gasteiger partial charge in [-0.05, 0) is 36.5 Å². The van der Waals surface area contributed by atoms with Gasteiger partial charge in [0.15, 0.2) is 0 Å². The number of nitrogens with one attached hydrogen (secondary N) is 1. The van der Waals surface area contributed by atoms with Crippen molar-refractivity contribution < 1.29 is 9.90 Å². The molecule has 0 aromatic heterocycles. The van der Waals surface area contributed by atoms with E-state index >= 15 is 0 Å². The summed E-state index contributed by atoms with van der Waals surface area (Å²) in [5.74, 6) is 0.761.